The van der Waals surface area contributed by atoms with Gasteiger partial charge in [-0.2, -0.15) is 4.98 Å². The lowest BCUT2D eigenvalue weighted by atomic mass is 9.99. The van der Waals surface area contributed by atoms with Crippen molar-refractivity contribution < 1.29 is 18.4 Å². The Morgan fingerprint density at radius 3 is 3.15 bits per heavy atom. The van der Waals surface area contributed by atoms with Crippen LogP contribution in [0, 0.1) is 11.7 Å². The number of carbonyl (C=O) groups is 1. The Balaban J connectivity index is 1.45. The first-order chi connectivity index (χ1) is 12.6. The minimum atomic E-state index is -0.320. The largest absolute Gasteiger partial charge is 0.493 e. The summed E-state index contributed by atoms with van der Waals surface area (Å²) in [6.07, 6.45) is 2.57. The van der Waals surface area contributed by atoms with Crippen LogP contribution in [0.2, 0.25) is 0 Å². The summed E-state index contributed by atoms with van der Waals surface area (Å²) in [6, 6.07) is 5.93. The van der Waals surface area contributed by atoms with Gasteiger partial charge >= 0.3 is 6.03 Å². The number of halogens is 1. The molecule has 1 aliphatic heterocycles. The molecular weight excluding hydrogens is 339 g/mol. The van der Waals surface area contributed by atoms with Gasteiger partial charge in [0.1, 0.15) is 11.6 Å². The van der Waals surface area contributed by atoms with E-state index in [1.165, 1.54) is 12.1 Å². The van der Waals surface area contributed by atoms with E-state index in [1.807, 2.05) is 6.92 Å². The van der Waals surface area contributed by atoms with Gasteiger partial charge in [0.2, 0.25) is 5.89 Å². The molecule has 2 amide bonds. The topological polar surface area (TPSA) is 80.5 Å². The molecule has 1 fully saturated rings. The molecule has 0 bridgehead atoms. The maximum absolute atomic E-state index is 13.2. The molecule has 0 saturated carbocycles. The Morgan fingerprint density at radius 2 is 2.38 bits per heavy atom. The fraction of sp³-hybridized carbons (Fsp3) is 0.500. The molecule has 140 valence electrons. The van der Waals surface area contributed by atoms with Gasteiger partial charge in [0, 0.05) is 31.5 Å². The Hall–Kier alpha value is -2.64. The van der Waals surface area contributed by atoms with Crippen LogP contribution >= 0.6 is 0 Å². The number of piperidine rings is 1. The average molecular weight is 362 g/mol. The van der Waals surface area contributed by atoms with Gasteiger partial charge in [-0.05, 0) is 25.0 Å². The van der Waals surface area contributed by atoms with E-state index in [0.717, 1.165) is 12.8 Å². The fourth-order valence-corrected chi connectivity index (χ4v) is 2.93. The average Bonchev–Trinajstić information content (AvgIpc) is 3.13. The molecule has 7 nitrogen and oxygen atoms in total. The van der Waals surface area contributed by atoms with Crippen LogP contribution in [0.5, 0.6) is 5.75 Å². The van der Waals surface area contributed by atoms with Crippen LogP contribution in [0.3, 0.4) is 0 Å². The zero-order chi connectivity index (χ0) is 18.4. The monoisotopic (exact) mass is 362 g/mol. The van der Waals surface area contributed by atoms with Crippen molar-refractivity contribution in [3.05, 3.63) is 41.8 Å². The summed E-state index contributed by atoms with van der Waals surface area (Å²) in [5.41, 5.74) is 0. The molecule has 0 radical (unpaired) electrons. The summed E-state index contributed by atoms with van der Waals surface area (Å²) in [5, 5.41) is 6.61. The molecule has 1 aromatic carbocycles. The van der Waals surface area contributed by atoms with Gasteiger partial charge in [-0.3, -0.25) is 0 Å². The van der Waals surface area contributed by atoms with Crippen molar-refractivity contribution in [1.29, 1.82) is 0 Å². The van der Waals surface area contributed by atoms with Crippen molar-refractivity contribution in [2.45, 2.75) is 32.7 Å². The van der Waals surface area contributed by atoms with Gasteiger partial charge in [0.25, 0.3) is 0 Å². The van der Waals surface area contributed by atoms with Crippen LogP contribution in [0.25, 0.3) is 0 Å². The summed E-state index contributed by atoms with van der Waals surface area (Å²) in [6.45, 7) is 3.91. The number of carbonyl (C=O) groups excluding carboxylic acids is 1. The van der Waals surface area contributed by atoms with Gasteiger partial charge in [-0.25, -0.2) is 9.18 Å². The predicted molar refractivity (Wildman–Crippen MR) is 92.1 cm³/mol. The molecule has 1 aliphatic rings. The quantitative estimate of drug-likeness (QED) is 0.855. The lowest BCUT2D eigenvalue weighted by molar-refractivity contribution is 0.136. The molecule has 0 aliphatic carbocycles. The second-order valence-corrected chi connectivity index (χ2v) is 6.34. The van der Waals surface area contributed by atoms with E-state index in [1.54, 1.807) is 17.0 Å². The number of aromatic nitrogens is 2. The second kappa shape index (κ2) is 8.64. The molecule has 26 heavy (non-hydrogen) atoms. The lowest BCUT2D eigenvalue weighted by Crippen LogP contribution is -2.46. The fourth-order valence-electron chi connectivity index (χ4n) is 2.93. The zero-order valence-corrected chi connectivity index (χ0v) is 14.8. The van der Waals surface area contributed by atoms with Crippen LogP contribution in [0.1, 0.15) is 31.5 Å². The van der Waals surface area contributed by atoms with Gasteiger partial charge in [-0.15, -0.1) is 0 Å². The van der Waals surface area contributed by atoms with E-state index >= 15 is 0 Å². The summed E-state index contributed by atoms with van der Waals surface area (Å²) < 4.78 is 23.9. The minimum Gasteiger partial charge on any atom is -0.493 e. The SMILES string of the molecule is CCc1noc(CNC(=O)N2CCCC(COc3cccc(F)c3)C2)n1. The standard InChI is InChI=1S/C18H23FN4O3/c1-2-16-21-17(26-22-16)10-20-18(24)23-8-4-5-13(11-23)12-25-15-7-3-6-14(19)9-15/h3,6-7,9,13H,2,4-5,8,10-12H2,1H3,(H,20,24). The van der Waals surface area contributed by atoms with Crippen molar-refractivity contribution in [2.75, 3.05) is 19.7 Å². The third-order valence-corrected chi connectivity index (χ3v) is 4.31. The highest BCUT2D eigenvalue weighted by molar-refractivity contribution is 5.74. The van der Waals surface area contributed by atoms with Gasteiger partial charge in [0.05, 0.1) is 13.2 Å². The maximum Gasteiger partial charge on any atom is 0.317 e. The molecule has 1 aromatic heterocycles. The highest BCUT2D eigenvalue weighted by atomic mass is 19.1. The third-order valence-electron chi connectivity index (χ3n) is 4.31. The first-order valence-electron chi connectivity index (χ1n) is 8.86. The molecule has 0 spiro atoms. The Labute approximate surface area is 151 Å². The minimum absolute atomic E-state index is 0.156. The van der Waals surface area contributed by atoms with E-state index in [2.05, 4.69) is 15.5 Å². The summed E-state index contributed by atoms with van der Waals surface area (Å²) in [4.78, 5) is 18.3. The van der Waals surface area contributed by atoms with Gasteiger partial charge in [-0.1, -0.05) is 18.1 Å². The Morgan fingerprint density at radius 1 is 1.50 bits per heavy atom. The number of hydrogen-bond acceptors (Lipinski definition) is 5. The summed E-state index contributed by atoms with van der Waals surface area (Å²) >= 11 is 0. The Kier molecular flexibility index (Phi) is 6.04. The number of hydrogen-bond donors (Lipinski definition) is 1. The number of urea groups is 1. The molecule has 1 unspecified atom stereocenters. The maximum atomic E-state index is 13.2. The number of benzene rings is 1. The number of nitrogens with one attached hydrogen (secondary N) is 1. The number of likely N-dealkylation sites (tertiary alicyclic amines) is 1. The van der Waals surface area contributed by atoms with Crippen molar-refractivity contribution in [2.24, 2.45) is 5.92 Å². The van der Waals surface area contributed by atoms with E-state index in [4.69, 9.17) is 9.26 Å². The molecule has 2 heterocycles. The molecular formula is C18H23FN4O3. The highest BCUT2D eigenvalue weighted by Crippen LogP contribution is 2.19. The predicted octanol–water partition coefficient (Wildman–Crippen LogP) is 2.77. The molecule has 1 N–H and O–H groups in total. The van der Waals surface area contributed by atoms with Crippen LogP contribution in [-0.4, -0.2) is 40.8 Å². The number of nitrogens with zero attached hydrogens (tertiary/aromatic N) is 3. The van der Waals surface area contributed by atoms with Crippen LogP contribution < -0.4 is 10.1 Å². The first-order valence-corrected chi connectivity index (χ1v) is 8.86. The van der Waals surface area contributed by atoms with Gasteiger partial charge in [0.15, 0.2) is 5.82 Å². The van der Waals surface area contributed by atoms with Crippen LogP contribution in [0.4, 0.5) is 9.18 Å². The molecule has 8 heteroatoms. The first kappa shape index (κ1) is 18.2. The van der Waals surface area contributed by atoms with Gasteiger partial charge < -0.3 is 19.5 Å². The summed E-state index contributed by atoms with van der Waals surface area (Å²) in [7, 11) is 0. The van der Waals surface area contributed by atoms with Crippen molar-refractivity contribution in [3.63, 3.8) is 0 Å². The third kappa shape index (κ3) is 4.93. The normalized spacial score (nSPS) is 17.2. The number of aryl methyl sites for hydroxylation is 1. The molecule has 2 aromatic rings. The lowest BCUT2D eigenvalue weighted by Gasteiger charge is -2.32. The molecule has 3 rings (SSSR count). The number of amides is 2. The Bertz CT molecular complexity index is 737. The van der Waals surface area contributed by atoms with Crippen LogP contribution in [0.15, 0.2) is 28.8 Å². The van der Waals surface area contributed by atoms with Crippen LogP contribution in [-0.2, 0) is 13.0 Å². The van der Waals surface area contributed by atoms with E-state index in [9.17, 15) is 9.18 Å². The van der Waals surface area contributed by atoms with Crippen molar-refractivity contribution in [1.82, 2.24) is 20.4 Å². The van der Waals surface area contributed by atoms with Crippen molar-refractivity contribution >= 4 is 6.03 Å². The second-order valence-electron chi connectivity index (χ2n) is 6.34. The zero-order valence-electron chi connectivity index (χ0n) is 14.8. The molecule has 1 saturated heterocycles. The summed E-state index contributed by atoms with van der Waals surface area (Å²) in [5.74, 6) is 1.43. The molecule has 1 atom stereocenters. The van der Waals surface area contributed by atoms with E-state index in [-0.39, 0.29) is 24.3 Å². The highest BCUT2D eigenvalue weighted by Gasteiger charge is 2.24. The van der Waals surface area contributed by atoms with E-state index < -0.39 is 0 Å². The smallest absolute Gasteiger partial charge is 0.317 e. The number of rotatable bonds is 6. The van der Waals surface area contributed by atoms with E-state index in [0.29, 0.717) is 43.6 Å². The van der Waals surface area contributed by atoms with Crippen molar-refractivity contribution in [3.8, 4) is 5.75 Å². The number of ether oxygens (including phenoxy) is 1.